The first-order valence-corrected chi connectivity index (χ1v) is 7.57. The maximum absolute atomic E-state index is 12.0. The molecule has 0 atom stereocenters. The number of aromatic nitrogens is 2. The van der Waals surface area contributed by atoms with Crippen LogP contribution in [0.25, 0.3) is 10.9 Å². The summed E-state index contributed by atoms with van der Waals surface area (Å²) in [6.07, 6.45) is 0.728. The lowest BCUT2D eigenvalue weighted by Crippen LogP contribution is -2.22. The quantitative estimate of drug-likeness (QED) is 0.413. The molecule has 26 heavy (non-hydrogen) atoms. The minimum absolute atomic E-state index is 0.000769. The van der Waals surface area contributed by atoms with Crippen LogP contribution in [0.15, 0.2) is 54.7 Å². The summed E-state index contributed by atoms with van der Waals surface area (Å²) < 4.78 is 0. The predicted octanol–water partition coefficient (Wildman–Crippen LogP) is 2.51. The maximum Gasteiger partial charge on any atom is 0.274 e. The lowest BCUT2D eigenvalue weighted by Gasteiger charge is -2.06. The van der Waals surface area contributed by atoms with E-state index in [1.54, 1.807) is 6.07 Å². The maximum atomic E-state index is 12.0. The molecule has 0 saturated carbocycles. The predicted molar refractivity (Wildman–Crippen MR) is 94.5 cm³/mol. The van der Waals surface area contributed by atoms with Crippen molar-refractivity contribution in [3.8, 4) is 0 Å². The van der Waals surface area contributed by atoms with Gasteiger partial charge in [0.15, 0.2) is 0 Å². The van der Waals surface area contributed by atoms with E-state index in [0.29, 0.717) is 5.82 Å². The van der Waals surface area contributed by atoms with Gasteiger partial charge in [-0.1, -0.05) is 18.2 Å². The van der Waals surface area contributed by atoms with Crippen molar-refractivity contribution < 1.29 is 14.5 Å². The lowest BCUT2D eigenvalue weighted by atomic mass is 10.2. The van der Waals surface area contributed by atoms with Gasteiger partial charge < -0.3 is 10.6 Å². The molecule has 2 N–H and O–H groups in total. The van der Waals surface area contributed by atoms with E-state index in [0.717, 1.165) is 17.0 Å². The first kappa shape index (κ1) is 17.0. The van der Waals surface area contributed by atoms with E-state index in [4.69, 9.17) is 0 Å². The summed E-state index contributed by atoms with van der Waals surface area (Å²) in [5.41, 5.74) is 0.510. The third-order valence-electron chi connectivity index (χ3n) is 3.41. The number of amides is 2. The average molecular weight is 351 g/mol. The third kappa shape index (κ3) is 4.15. The van der Waals surface area contributed by atoms with Crippen LogP contribution in [0.4, 0.5) is 17.3 Å². The smallest absolute Gasteiger partial charge is 0.274 e. The van der Waals surface area contributed by atoms with E-state index in [9.17, 15) is 19.7 Å². The van der Waals surface area contributed by atoms with Gasteiger partial charge in [0.25, 0.3) is 5.69 Å². The van der Waals surface area contributed by atoms with Crippen LogP contribution in [-0.2, 0) is 9.59 Å². The fraction of sp³-hybridized carbons (Fsp3) is 0.0588. The van der Waals surface area contributed by atoms with Gasteiger partial charge in [0.2, 0.25) is 11.8 Å². The topological polar surface area (TPSA) is 127 Å². The van der Waals surface area contributed by atoms with Crippen LogP contribution in [0.3, 0.4) is 0 Å². The number of hydrogen-bond acceptors (Lipinski definition) is 6. The molecule has 0 aliphatic rings. The van der Waals surface area contributed by atoms with Gasteiger partial charge in [-0.25, -0.2) is 9.97 Å². The Morgan fingerprint density at radius 3 is 2.50 bits per heavy atom. The Bertz CT molecular complexity index is 1010. The summed E-state index contributed by atoms with van der Waals surface area (Å²) in [6, 6.07) is 13.2. The second-order valence-electron chi connectivity index (χ2n) is 5.32. The Morgan fingerprint density at radius 2 is 1.73 bits per heavy atom. The first-order chi connectivity index (χ1) is 12.5. The highest BCUT2D eigenvalue weighted by molar-refractivity contribution is 6.07. The fourth-order valence-electron chi connectivity index (χ4n) is 2.26. The number of fused-ring (bicyclic) bond motifs is 1. The number of anilines is 2. The molecule has 0 radical (unpaired) electrons. The summed E-state index contributed by atoms with van der Waals surface area (Å²) >= 11 is 0. The number of carbonyl (C=O) groups excluding carboxylic acids is 2. The van der Waals surface area contributed by atoms with Crippen LogP contribution in [0.2, 0.25) is 0 Å². The van der Waals surface area contributed by atoms with E-state index >= 15 is 0 Å². The Balaban J connectivity index is 1.61. The molecule has 0 unspecified atom stereocenters. The zero-order chi connectivity index (χ0) is 18.5. The molecular weight excluding hydrogens is 338 g/mol. The van der Waals surface area contributed by atoms with E-state index in [2.05, 4.69) is 20.6 Å². The molecule has 2 aromatic heterocycles. The highest BCUT2D eigenvalue weighted by Crippen LogP contribution is 2.16. The molecule has 0 spiro atoms. The molecule has 130 valence electrons. The van der Waals surface area contributed by atoms with Crippen molar-refractivity contribution in [1.82, 2.24) is 9.97 Å². The summed E-state index contributed by atoms with van der Waals surface area (Å²) in [6.45, 7) is 0. The Kier molecular flexibility index (Phi) is 4.79. The standard InChI is InChI=1S/C17H13N5O4/c23-16(20-14-6-5-11-3-1-2-4-13(11)19-14)10-17(24)21-15-9-12(22(25)26)7-8-18-15/h1-9H,10H2,(H,18,21,24)(H,19,20,23). The zero-order valence-electron chi connectivity index (χ0n) is 13.4. The van der Waals surface area contributed by atoms with Crippen LogP contribution in [-0.4, -0.2) is 26.7 Å². The van der Waals surface area contributed by atoms with Crippen molar-refractivity contribution >= 4 is 40.0 Å². The number of pyridine rings is 2. The number of benzene rings is 1. The Hall–Kier alpha value is -3.88. The van der Waals surface area contributed by atoms with Crippen LogP contribution in [0, 0.1) is 10.1 Å². The first-order valence-electron chi connectivity index (χ1n) is 7.57. The van der Waals surface area contributed by atoms with E-state index < -0.39 is 23.2 Å². The van der Waals surface area contributed by atoms with Gasteiger partial charge in [-0.05, 0) is 18.2 Å². The number of hydrogen-bond donors (Lipinski definition) is 2. The highest BCUT2D eigenvalue weighted by Gasteiger charge is 2.13. The number of nitrogens with one attached hydrogen (secondary N) is 2. The van der Waals surface area contributed by atoms with Gasteiger partial charge in [0.05, 0.1) is 16.5 Å². The summed E-state index contributed by atoms with van der Waals surface area (Å²) in [7, 11) is 0. The van der Waals surface area contributed by atoms with Crippen molar-refractivity contribution in [3.63, 3.8) is 0 Å². The average Bonchev–Trinajstić information content (AvgIpc) is 2.61. The monoisotopic (exact) mass is 351 g/mol. The molecule has 2 amide bonds. The minimum Gasteiger partial charge on any atom is -0.310 e. The molecule has 0 aliphatic carbocycles. The SMILES string of the molecule is O=C(CC(=O)Nc1ccc2ccccc2n1)Nc1cc([N+](=O)[O-])ccn1. The second-order valence-corrected chi connectivity index (χ2v) is 5.32. The van der Waals surface area contributed by atoms with Gasteiger partial charge >= 0.3 is 0 Å². The number of para-hydroxylation sites is 1. The van der Waals surface area contributed by atoms with Gasteiger partial charge in [0.1, 0.15) is 18.1 Å². The Morgan fingerprint density at radius 1 is 1.00 bits per heavy atom. The second kappa shape index (κ2) is 7.34. The highest BCUT2D eigenvalue weighted by atomic mass is 16.6. The van der Waals surface area contributed by atoms with E-state index in [-0.39, 0.29) is 11.5 Å². The molecule has 1 aromatic carbocycles. The number of nitrogens with zero attached hydrogens (tertiary/aromatic N) is 3. The van der Waals surface area contributed by atoms with Gasteiger partial charge in [0, 0.05) is 17.6 Å². The molecule has 0 saturated heterocycles. The normalized spacial score (nSPS) is 10.3. The molecule has 2 heterocycles. The van der Waals surface area contributed by atoms with Crippen LogP contribution >= 0.6 is 0 Å². The van der Waals surface area contributed by atoms with Crippen LogP contribution < -0.4 is 10.6 Å². The van der Waals surface area contributed by atoms with Crippen molar-refractivity contribution in [2.24, 2.45) is 0 Å². The van der Waals surface area contributed by atoms with Crippen LogP contribution in [0.5, 0.6) is 0 Å². The van der Waals surface area contributed by atoms with Crippen molar-refractivity contribution in [2.45, 2.75) is 6.42 Å². The van der Waals surface area contributed by atoms with E-state index in [1.807, 2.05) is 30.3 Å². The molecule has 9 nitrogen and oxygen atoms in total. The number of nitro groups is 1. The third-order valence-corrected chi connectivity index (χ3v) is 3.41. The molecule has 3 rings (SSSR count). The van der Waals surface area contributed by atoms with Crippen molar-refractivity contribution in [1.29, 1.82) is 0 Å². The summed E-state index contributed by atoms with van der Waals surface area (Å²) in [4.78, 5) is 42.1. The molecule has 0 bridgehead atoms. The van der Waals surface area contributed by atoms with Gasteiger partial charge in [-0.15, -0.1) is 0 Å². The number of carbonyl (C=O) groups is 2. The summed E-state index contributed by atoms with van der Waals surface area (Å²) in [5, 5.41) is 16.5. The molecular formula is C17H13N5O4. The zero-order valence-corrected chi connectivity index (χ0v) is 13.4. The molecule has 0 fully saturated rings. The Labute approximate surface area is 147 Å². The molecule has 9 heteroatoms. The minimum atomic E-state index is -0.642. The van der Waals surface area contributed by atoms with Crippen molar-refractivity contribution in [2.75, 3.05) is 10.6 Å². The molecule has 0 aliphatic heterocycles. The molecule has 3 aromatic rings. The van der Waals surface area contributed by atoms with Crippen LogP contribution in [0.1, 0.15) is 6.42 Å². The van der Waals surface area contributed by atoms with Crippen molar-refractivity contribution in [3.05, 3.63) is 64.8 Å². The van der Waals surface area contributed by atoms with Gasteiger partial charge in [-0.2, -0.15) is 0 Å². The van der Waals surface area contributed by atoms with E-state index in [1.165, 1.54) is 12.3 Å². The fourth-order valence-corrected chi connectivity index (χ4v) is 2.26. The largest absolute Gasteiger partial charge is 0.310 e. The number of rotatable bonds is 5. The van der Waals surface area contributed by atoms with Gasteiger partial charge in [-0.3, -0.25) is 19.7 Å². The lowest BCUT2D eigenvalue weighted by molar-refractivity contribution is -0.384. The summed E-state index contributed by atoms with van der Waals surface area (Å²) in [5.74, 6) is -0.872.